The lowest BCUT2D eigenvalue weighted by Gasteiger charge is -2.25. The van der Waals surface area contributed by atoms with E-state index in [2.05, 4.69) is 39.5 Å². The molecule has 24 nitrogen and oxygen atoms in total. The number of benzene rings is 6. The van der Waals surface area contributed by atoms with Crippen LogP contribution in [0.3, 0.4) is 0 Å². The quantitative estimate of drug-likeness (QED) is 0.0121. The summed E-state index contributed by atoms with van der Waals surface area (Å²) < 4.78 is 73.4. The van der Waals surface area contributed by atoms with Crippen LogP contribution < -0.4 is 28.4 Å². The van der Waals surface area contributed by atoms with Crippen molar-refractivity contribution in [2.45, 2.75) is 158 Å². The Morgan fingerprint density at radius 3 is 0.439 bits per heavy atom. The molecule has 0 aliphatic heterocycles. The predicted octanol–water partition coefficient (Wildman–Crippen LogP) is 10.5. The fraction of sp³-hybridized carbons (Fsp3) is 0.400. The number of carbonyl (C=O) groups is 6. The maximum Gasteiger partial charge on any atom is 0.333 e. The Balaban J connectivity index is 1.60. The molecule has 12 bridgehead atoms. The molecule has 0 fully saturated rings. The van der Waals surface area contributed by atoms with Crippen molar-refractivity contribution in [2.75, 3.05) is 79.3 Å². The van der Waals surface area contributed by atoms with Gasteiger partial charge in [0.1, 0.15) is 150 Å². The summed E-state index contributed by atoms with van der Waals surface area (Å²) in [5, 5.41) is 69.7. The van der Waals surface area contributed by atoms with Gasteiger partial charge in [0.15, 0.2) is 0 Å². The largest absolute Gasteiger partial charge is 0.490 e. The number of ether oxygens (including phenoxy) is 12. The molecule has 114 heavy (non-hydrogen) atoms. The van der Waals surface area contributed by atoms with Crippen molar-refractivity contribution >= 4 is 35.8 Å². The first-order valence-corrected chi connectivity index (χ1v) is 37.4. The molecule has 7 rings (SSSR count). The summed E-state index contributed by atoms with van der Waals surface area (Å²) in [6, 6.07) is 23.0. The zero-order chi connectivity index (χ0) is 83.9. The molecule has 6 N–H and O–H groups in total. The molecule has 6 aromatic rings. The van der Waals surface area contributed by atoms with E-state index in [9.17, 15) is 59.4 Å². The van der Waals surface area contributed by atoms with Gasteiger partial charge < -0.3 is 87.5 Å². The van der Waals surface area contributed by atoms with E-state index in [1.807, 2.05) is 114 Å². The summed E-state index contributed by atoms with van der Waals surface area (Å²) in [4.78, 5) is 76.3. The van der Waals surface area contributed by atoms with Gasteiger partial charge in [0.05, 0.1) is 0 Å². The standard InChI is InChI=1S/C90H108O24/c1-49(2)85(97)109-43-73(91)37-103-79-61-19-55(13)20-62(79)32-64-22-57(15)24-66(81(64)105-39-75(93)45-111-87(99)51(5)6)34-68-26-59(17)28-70(83(68)107-41-77(95)47-113-89(101)53(9)10)36-72-30-60(18)29-71(84(72)108-42-78(96)48-114-90(102)54(11)12)35-69-27-58(16)25-67(82(69)106-40-76(94)46-112-88(100)52(7)8)33-65-23-56(14)21-63(31-61)80(65)104-38-74(92)44-110-86(98)50(3)4/h19-30,73-78,91-96H,1,3,5,7,9,11,31-48H2,2,4,6,8,10,12-18H3. The van der Waals surface area contributed by atoms with Crippen molar-refractivity contribution in [3.05, 3.63) is 246 Å². The van der Waals surface area contributed by atoms with E-state index in [0.717, 1.165) is 33.4 Å². The van der Waals surface area contributed by atoms with E-state index in [1.165, 1.54) is 41.5 Å². The molecular formula is C90H108O24. The minimum atomic E-state index is -1.37. The number of aliphatic hydroxyl groups excluding tert-OH is 6. The molecule has 24 heteroatoms. The van der Waals surface area contributed by atoms with Crippen molar-refractivity contribution in [3.63, 3.8) is 0 Å². The molecule has 0 heterocycles. The van der Waals surface area contributed by atoms with E-state index in [1.54, 1.807) is 0 Å². The molecule has 0 radical (unpaired) electrons. The molecule has 1 aliphatic carbocycles. The van der Waals surface area contributed by atoms with Gasteiger partial charge >= 0.3 is 35.8 Å². The molecule has 0 spiro atoms. The summed E-state index contributed by atoms with van der Waals surface area (Å²) in [5.41, 5.74) is 12.0. The summed E-state index contributed by atoms with van der Waals surface area (Å²) in [6.07, 6.45) is -8.01. The first-order chi connectivity index (χ1) is 53.8. The first kappa shape index (κ1) is 90.3. The third-order valence-corrected chi connectivity index (χ3v) is 17.7. The molecule has 6 atom stereocenters. The molecule has 0 aromatic heterocycles. The fourth-order valence-electron chi connectivity index (χ4n) is 12.6. The average Bonchev–Trinajstić information content (AvgIpc) is 0.783. The van der Waals surface area contributed by atoms with Crippen molar-refractivity contribution in [3.8, 4) is 34.5 Å². The summed E-state index contributed by atoms with van der Waals surface area (Å²) in [5.74, 6) is -2.59. The molecular weight excluding hydrogens is 1460 g/mol. The van der Waals surface area contributed by atoms with Crippen LogP contribution in [0.4, 0.5) is 0 Å². The molecule has 0 saturated heterocycles. The number of esters is 6. The molecule has 612 valence electrons. The molecule has 0 amide bonds. The number of hydrogen-bond acceptors (Lipinski definition) is 24. The number of carbonyl (C=O) groups excluding carboxylic acids is 6. The van der Waals surface area contributed by atoms with Crippen LogP contribution >= 0.6 is 0 Å². The highest BCUT2D eigenvalue weighted by Crippen LogP contribution is 2.43. The lowest BCUT2D eigenvalue weighted by atomic mass is 9.88. The van der Waals surface area contributed by atoms with Gasteiger partial charge in [-0.15, -0.1) is 0 Å². The highest BCUT2D eigenvalue weighted by Gasteiger charge is 2.29. The lowest BCUT2D eigenvalue weighted by molar-refractivity contribution is -0.143. The molecule has 1 aliphatic rings. The van der Waals surface area contributed by atoms with Gasteiger partial charge in [-0.3, -0.25) is 0 Å². The van der Waals surface area contributed by atoms with E-state index < -0.39 is 152 Å². The van der Waals surface area contributed by atoms with E-state index >= 15 is 0 Å². The SMILES string of the molecule is C=C(C)C(=O)OCC(O)COc1c2cc(C)cc1Cc1cc(C)cc(c1OCC(O)COC(=O)C(=C)C)Cc1cc(C)cc(c1OCC(O)COC(=O)C(=C)C)Cc1cc(C)cc(c1OCC(O)COC(=O)C(=C)C)Cc1cc(C)cc(c1OCC(O)COC(=O)C(=C)C)Cc1cc(C)cc(c1OCC(O)COC(=O)C(=C)C)C2. The van der Waals surface area contributed by atoms with Crippen molar-refractivity contribution in [1.82, 2.24) is 0 Å². The smallest absolute Gasteiger partial charge is 0.333 e. The number of aliphatic hydroxyl groups is 6. The van der Waals surface area contributed by atoms with Crippen molar-refractivity contribution in [1.29, 1.82) is 0 Å². The highest BCUT2D eigenvalue weighted by molar-refractivity contribution is 5.89. The number of fused-ring (bicyclic) bond motifs is 12. The average molecular weight is 1570 g/mol. The predicted molar refractivity (Wildman–Crippen MR) is 428 cm³/mol. The maximum absolute atomic E-state index is 12.7. The Hall–Kier alpha value is -10.9. The monoisotopic (exact) mass is 1570 g/mol. The Kier molecular flexibility index (Phi) is 33.5. The van der Waals surface area contributed by atoms with E-state index in [4.69, 9.17) is 56.8 Å². The summed E-state index contributed by atoms with van der Waals surface area (Å²) in [6.45, 7) is 37.1. The topological polar surface area (TPSA) is 335 Å². The van der Waals surface area contributed by atoms with Crippen molar-refractivity contribution in [2.24, 2.45) is 0 Å². The zero-order valence-corrected chi connectivity index (χ0v) is 67.4. The second kappa shape index (κ2) is 42.3. The lowest BCUT2D eigenvalue weighted by Crippen LogP contribution is -2.26. The minimum absolute atomic E-state index is 0.0392. The third-order valence-electron chi connectivity index (χ3n) is 17.7. The minimum Gasteiger partial charge on any atom is -0.490 e. The van der Waals surface area contributed by atoms with E-state index in [0.29, 0.717) is 101 Å². The van der Waals surface area contributed by atoms with E-state index in [-0.39, 0.29) is 72.0 Å². The Morgan fingerprint density at radius 2 is 0.342 bits per heavy atom. The highest BCUT2D eigenvalue weighted by atomic mass is 16.6. The van der Waals surface area contributed by atoms with Gasteiger partial charge in [-0.1, -0.05) is 146 Å². The normalized spacial score (nSPS) is 13.4. The first-order valence-electron chi connectivity index (χ1n) is 37.4. The number of hydrogen-bond donors (Lipinski definition) is 6. The van der Waals surface area contributed by atoms with Crippen LogP contribution in [0.5, 0.6) is 34.5 Å². The van der Waals surface area contributed by atoms with Gasteiger partial charge in [-0.25, -0.2) is 28.8 Å². The Bertz CT molecular complexity index is 3720. The summed E-state index contributed by atoms with van der Waals surface area (Å²) in [7, 11) is 0. The third kappa shape index (κ3) is 27.2. The van der Waals surface area contributed by atoms with Gasteiger partial charge in [-0.05, 0) is 150 Å². The zero-order valence-electron chi connectivity index (χ0n) is 67.4. The molecule has 6 aromatic carbocycles. The van der Waals surface area contributed by atoms with Crippen LogP contribution in [0.1, 0.15) is 142 Å². The van der Waals surface area contributed by atoms with Crippen LogP contribution in [0, 0.1) is 41.5 Å². The maximum atomic E-state index is 12.7. The molecule has 0 saturated carbocycles. The van der Waals surface area contributed by atoms with Gasteiger partial charge in [0.25, 0.3) is 0 Å². The molecule has 6 unspecified atom stereocenters. The van der Waals surface area contributed by atoms with Gasteiger partial charge in [0.2, 0.25) is 0 Å². The van der Waals surface area contributed by atoms with Crippen LogP contribution in [-0.4, -0.2) is 182 Å². The number of aryl methyl sites for hydroxylation is 6. The van der Waals surface area contributed by atoms with Crippen LogP contribution in [0.2, 0.25) is 0 Å². The van der Waals surface area contributed by atoms with Crippen LogP contribution in [0.15, 0.2) is 146 Å². The fourth-order valence-corrected chi connectivity index (χ4v) is 12.6. The van der Waals surface area contributed by atoms with Crippen molar-refractivity contribution < 1.29 is 116 Å². The Morgan fingerprint density at radius 1 is 0.237 bits per heavy atom. The van der Waals surface area contributed by atoms with Gasteiger partial charge in [0, 0.05) is 72.0 Å². The van der Waals surface area contributed by atoms with Gasteiger partial charge in [-0.2, -0.15) is 0 Å². The Labute approximate surface area is 666 Å². The van der Waals surface area contributed by atoms with Crippen LogP contribution in [-0.2, 0) is 95.7 Å². The van der Waals surface area contributed by atoms with Crippen LogP contribution in [0.25, 0.3) is 0 Å². The number of rotatable bonds is 36. The second-order valence-electron chi connectivity index (χ2n) is 29.6. The second-order valence-corrected chi connectivity index (χ2v) is 29.6. The summed E-state index contributed by atoms with van der Waals surface area (Å²) >= 11 is 0.